The zero-order valence-electron chi connectivity index (χ0n) is 12.9. The van der Waals surface area contributed by atoms with Crippen molar-refractivity contribution in [1.29, 1.82) is 0 Å². The number of carbonyl (C=O) groups is 2. The molecule has 0 aliphatic rings. The van der Waals surface area contributed by atoms with Crippen molar-refractivity contribution >= 4 is 50.4 Å². The second kappa shape index (κ2) is 6.21. The van der Waals surface area contributed by atoms with Crippen LogP contribution in [0, 0.1) is 6.92 Å². The van der Waals surface area contributed by atoms with Crippen molar-refractivity contribution in [3.8, 4) is 0 Å². The van der Waals surface area contributed by atoms with Crippen molar-refractivity contribution in [3.05, 3.63) is 22.2 Å². The van der Waals surface area contributed by atoms with Crippen molar-refractivity contribution in [1.82, 2.24) is 4.98 Å². The Morgan fingerprint density at radius 1 is 1.39 bits per heavy atom. The maximum atomic E-state index is 11.5. The average molecular weight is 359 g/mol. The molecule has 0 saturated heterocycles. The summed E-state index contributed by atoms with van der Waals surface area (Å²) in [4.78, 5) is 31.7. The first-order chi connectivity index (χ1) is 10.6. The van der Waals surface area contributed by atoms with Gasteiger partial charge in [0.25, 0.3) is 0 Å². The minimum Gasteiger partial charge on any atom is -0.478 e. The van der Waals surface area contributed by atoms with Crippen LogP contribution in [-0.4, -0.2) is 27.8 Å². The number of aromatic carboxylic acids is 1. The Bertz CT molecular complexity index is 782. The molecule has 0 aliphatic heterocycles. The van der Waals surface area contributed by atoms with Gasteiger partial charge in [0, 0.05) is 0 Å². The molecular weight excluding hydrogens is 344 g/mol. The number of nitrogens with one attached hydrogen (secondary N) is 1. The van der Waals surface area contributed by atoms with Crippen molar-refractivity contribution in [3.63, 3.8) is 0 Å². The largest absolute Gasteiger partial charge is 0.533 e. The normalized spacial score (nSPS) is 11.3. The van der Waals surface area contributed by atoms with Crippen molar-refractivity contribution in [2.75, 3.05) is 5.48 Å². The number of ether oxygens (including phenoxy) is 1. The molecule has 1 aromatic carbocycles. The zero-order chi connectivity index (χ0) is 17.4. The molecule has 124 valence electrons. The Morgan fingerprint density at radius 3 is 2.61 bits per heavy atom. The Balaban J connectivity index is 2.24. The summed E-state index contributed by atoms with van der Waals surface area (Å²) < 4.78 is 5.48. The standard InChI is InChI=1S/C14H15ClN2O5S/c1-6-5-7(11(18)19)8(15)10-9(6)16-12(23-10)17-22-13(20)21-14(2,3)4/h5H,1-4H3,(H,16,17)(H,18,19). The van der Waals surface area contributed by atoms with Gasteiger partial charge in [-0.2, -0.15) is 5.48 Å². The molecule has 1 heterocycles. The van der Waals surface area contributed by atoms with E-state index < -0.39 is 17.7 Å². The summed E-state index contributed by atoms with van der Waals surface area (Å²) in [5, 5.41) is 9.50. The van der Waals surface area contributed by atoms with Crippen molar-refractivity contribution in [2.24, 2.45) is 0 Å². The van der Waals surface area contributed by atoms with Crippen LogP contribution in [0.3, 0.4) is 0 Å². The van der Waals surface area contributed by atoms with Gasteiger partial charge in [-0.15, -0.1) is 0 Å². The summed E-state index contributed by atoms with van der Waals surface area (Å²) in [7, 11) is 0. The van der Waals surface area contributed by atoms with Crippen LogP contribution < -0.4 is 5.48 Å². The molecule has 0 spiro atoms. The van der Waals surface area contributed by atoms with Gasteiger partial charge in [-0.1, -0.05) is 22.9 Å². The predicted octanol–water partition coefficient (Wildman–Crippen LogP) is 4.23. The van der Waals surface area contributed by atoms with Gasteiger partial charge >= 0.3 is 12.1 Å². The Morgan fingerprint density at radius 2 is 2.04 bits per heavy atom. The van der Waals surface area contributed by atoms with Crippen molar-refractivity contribution < 1.29 is 24.3 Å². The summed E-state index contributed by atoms with van der Waals surface area (Å²) in [6.45, 7) is 6.86. The quantitative estimate of drug-likeness (QED) is 0.625. The number of aromatic nitrogens is 1. The highest BCUT2D eigenvalue weighted by molar-refractivity contribution is 7.22. The van der Waals surface area contributed by atoms with Crippen LogP contribution in [0.2, 0.25) is 5.02 Å². The van der Waals surface area contributed by atoms with Crippen LogP contribution in [0.25, 0.3) is 10.2 Å². The molecule has 9 heteroatoms. The second-order valence-corrected chi connectivity index (χ2v) is 7.10. The van der Waals surface area contributed by atoms with Gasteiger partial charge in [0.05, 0.1) is 20.8 Å². The maximum absolute atomic E-state index is 11.5. The van der Waals surface area contributed by atoms with Crippen LogP contribution in [0.4, 0.5) is 9.93 Å². The van der Waals surface area contributed by atoms with E-state index in [4.69, 9.17) is 26.3 Å². The predicted molar refractivity (Wildman–Crippen MR) is 87.3 cm³/mol. The summed E-state index contributed by atoms with van der Waals surface area (Å²) >= 11 is 7.18. The van der Waals surface area contributed by atoms with E-state index in [1.165, 1.54) is 6.07 Å². The van der Waals surface area contributed by atoms with E-state index in [1.54, 1.807) is 27.7 Å². The minimum absolute atomic E-state index is 0.0000673. The van der Waals surface area contributed by atoms with Crippen molar-refractivity contribution in [2.45, 2.75) is 33.3 Å². The molecule has 0 saturated carbocycles. The highest BCUT2D eigenvalue weighted by Crippen LogP contribution is 2.36. The minimum atomic E-state index is -1.12. The molecule has 7 nitrogen and oxygen atoms in total. The third-order valence-corrected chi connectivity index (χ3v) is 4.11. The number of thiazole rings is 1. The first-order valence-corrected chi connectivity index (χ1v) is 7.76. The molecule has 0 aliphatic carbocycles. The first kappa shape index (κ1) is 17.3. The fraction of sp³-hybridized carbons (Fsp3) is 0.357. The van der Waals surface area contributed by atoms with E-state index in [-0.39, 0.29) is 15.7 Å². The molecule has 2 aromatic rings. The van der Waals surface area contributed by atoms with Crippen LogP contribution >= 0.6 is 22.9 Å². The number of carboxylic acid groups (broad SMARTS) is 1. The van der Waals surface area contributed by atoms with Crippen LogP contribution in [0.1, 0.15) is 36.7 Å². The van der Waals surface area contributed by atoms with Gasteiger partial charge in [-0.25, -0.2) is 14.6 Å². The molecule has 0 amide bonds. The first-order valence-electron chi connectivity index (χ1n) is 6.57. The molecule has 2 rings (SSSR count). The Hall–Kier alpha value is -2.06. The zero-order valence-corrected chi connectivity index (χ0v) is 14.5. The average Bonchev–Trinajstić information content (AvgIpc) is 2.83. The smallest absolute Gasteiger partial charge is 0.478 e. The summed E-state index contributed by atoms with van der Waals surface area (Å²) in [6, 6.07) is 1.45. The van der Waals surface area contributed by atoms with Gasteiger partial charge in [0.15, 0.2) is 0 Å². The fourth-order valence-corrected chi connectivity index (χ4v) is 3.02. The van der Waals surface area contributed by atoms with Gasteiger partial charge in [-0.05, 0) is 39.3 Å². The lowest BCUT2D eigenvalue weighted by atomic mass is 10.1. The molecule has 0 atom stereocenters. The number of benzene rings is 1. The SMILES string of the molecule is Cc1cc(C(=O)O)c(Cl)c2sc(NOC(=O)OC(C)(C)C)nc12. The highest BCUT2D eigenvalue weighted by Gasteiger charge is 2.20. The summed E-state index contributed by atoms with van der Waals surface area (Å²) in [6.07, 6.45) is -0.897. The number of halogens is 1. The van der Waals surface area contributed by atoms with Gasteiger partial charge in [0.2, 0.25) is 5.13 Å². The third kappa shape index (κ3) is 4.02. The van der Waals surface area contributed by atoms with Gasteiger partial charge in [0.1, 0.15) is 5.60 Å². The van der Waals surface area contributed by atoms with Gasteiger partial charge < -0.3 is 14.7 Å². The summed E-state index contributed by atoms with van der Waals surface area (Å²) in [5.41, 5.74) is 2.91. The van der Waals surface area contributed by atoms with Crippen LogP contribution in [0.5, 0.6) is 0 Å². The van der Waals surface area contributed by atoms with E-state index in [2.05, 4.69) is 10.5 Å². The number of carboxylic acids is 1. The van der Waals surface area contributed by atoms with E-state index >= 15 is 0 Å². The number of anilines is 1. The van der Waals surface area contributed by atoms with Crippen LogP contribution in [0.15, 0.2) is 6.07 Å². The number of fused-ring (bicyclic) bond motifs is 1. The fourth-order valence-electron chi connectivity index (χ4n) is 1.76. The van der Waals surface area contributed by atoms with E-state index in [0.717, 1.165) is 11.3 Å². The molecule has 0 radical (unpaired) electrons. The molecule has 23 heavy (non-hydrogen) atoms. The third-order valence-electron chi connectivity index (χ3n) is 2.64. The topological polar surface area (TPSA) is 97.8 Å². The summed E-state index contributed by atoms with van der Waals surface area (Å²) in [5.74, 6) is -1.12. The highest BCUT2D eigenvalue weighted by atomic mass is 35.5. The Labute approximate surface area is 141 Å². The number of nitrogens with zero attached hydrogens (tertiary/aromatic N) is 1. The molecule has 1 aromatic heterocycles. The number of hydrogen-bond donors (Lipinski definition) is 2. The number of hydrogen-bond acceptors (Lipinski definition) is 7. The maximum Gasteiger partial charge on any atom is 0.533 e. The molecule has 0 fully saturated rings. The lowest BCUT2D eigenvalue weighted by molar-refractivity contribution is 0.00297. The van der Waals surface area contributed by atoms with Crippen LogP contribution in [-0.2, 0) is 9.57 Å². The van der Waals surface area contributed by atoms with E-state index in [0.29, 0.717) is 15.8 Å². The molecule has 0 bridgehead atoms. The molecule has 2 N–H and O–H groups in total. The van der Waals surface area contributed by atoms with E-state index in [9.17, 15) is 9.59 Å². The lowest BCUT2D eigenvalue weighted by Crippen LogP contribution is -2.25. The lowest BCUT2D eigenvalue weighted by Gasteiger charge is -2.18. The Kier molecular flexibility index (Phi) is 4.67. The molecular formula is C14H15ClN2O5S. The number of aryl methyl sites for hydroxylation is 1. The number of rotatable bonds is 3. The van der Waals surface area contributed by atoms with E-state index in [1.807, 2.05) is 0 Å². The molecule has 0 unspecified atom stereocenters. The van der Waals surface area contributed by atoms with Gasteiger partial charge in [-0.3, -0.25) is 0 Å². The number of carbonyl (C=O) groups excluding carboxylic acids is 1. The monoisotopic (exact) mass is 358 g/mol. The second-order valence-electron chi connectivity index (χ2n) is 5.73.